The van der Waals surface area contributed by atoms with Gasteiger partial charge in [0, 0.05) is 18.8 Å². The average molecular weight is 210 g/mol. The summed E-state index contributed by atoms with van der Waals surface area (Å²) in [6, 6.07) is 4.05. The molecule has 1 heterocycles. The zero-order valence-corrected chi connectivity index (χ0v) is 9.49. The number of pyridine rings is 1. The van der Waals surface area contributed by atoms with Crippen molar-refractivity contribution in [2.24, 2.45) is 0 Å². The van der Waals surface area contributed by atoms with E-state index < -0.39 is 0 Å². The van der Waals surface area contributed by atoms with Crippen LogP contribution in [-0.2, 0) is 4.74 Å². The van der Waals surface area contributed by atoms with Crippen molar-refractivity contribution in [3.8, 4) is 5.88 Å². The predicted molar refractivity (Wildman–Crippen MR) is 60.4 cm³/mol. The molecule has 4 nitrogen and oxygen atoms in total. The van der Waals surface area contributed by atoms with E-state index in [0.29, 0.717) is 12.5 Å². The number of hydrogen-bond acceptors (Lipinski definition) is 4. The molecule has 84 valence electrons. The summed E-state index contributed by atoms with van der Waals surface area (Å²) in [4.78, 5) is 4.10. The average Bonchev–Trinajstić information content (AvgIpc) is 2.27. The Morgan fingerprint density at radius 2 is 2.33 bits per heavy atom. The largest absolute Gasteiger partial charge is 0.480 e. The van der Waals surface area contributed by atoms with Gasteiger partial charge < -0.3 is 14.8 Å². The van der Waals surface area contributed by atoms with Gasteiger partial charge in [-0.1, -0.05) is 0 Å². The Morgan fingerprint density at radius 3 is 3.00 bits per heavy atom. The van der Waals surface area contributed by atoms with Crippen LogP contribution >= 0.6 is 0 Å². The number of methoxy groups -OCH3 is 1. The Morgan fingerprint density at radius 1 is 1.53 bits per heavy atom. The van der Waals surface area contributed by atoms with Gasteiger partial charge in [-0.25, -0.2) is 4.98 Å². The molecule has 1 atom stereocenters. The number of ether oxygens (including phenoxy) is 2. The molecule has 15 heavy (non-hydrogen) atoms. The van der Waals surface area contributed by atoms with Gasteiger partial charge in [-0.15, -0.1) is 0 Å². The van der Waals surface area contributed by atoms with Gasteiger partial charge in [-0.05, 0) is 26.0 Å². The first-order valence-electron chi connectivity index (χ1n) is 5.11. The first-order valence-corrected chi connectivity index (χ1v) is 5.11. The van der Waals surface area contributed by atoms with Crippen LogP contribution in [0.3, 0.4) is 0 Å². The quantitative estimate of drug-likeness (QED) is 0.779. The fraction of sp³-hybridized carbons (Fsp3) is 0.545. The maximum atomic E-state index is 5.32. The Hall–Kier alpha value is -1.29. The van der Waals surface area contributed by atoms with E-state index in [0.717, 1.165) is 12.3 Å². The van der Waals surface area contributed by atoms with Crippen molar-refractivity contribution in [2.45, 2.75) is 19.9 Å². The zero-order chi connectivity index (χ0) is 11.1. The van der Waals surface area contributed by atoms with Gasteiger partial charge in [-0.3, -0.25) is 0 Å². The summed E-state index contributed by atoms with van der Waals surface area (Å²) in [5.74, 6) is 0.612. The molecule has 0 radical (unpaired) electrons. The highest BCUT2D eigenvalue weighted by molar-refractivity contribution is 5.52. The third-order valence-corrected chi connectivity index (χ3v) is 1.94. The molecule has 1 rings (SSSR count). The van der Waals surface area contributed by atoms with Crippen LogP contribution in [0.5, 0.6) is 5.88 Å². The van der Waals surface area contributed by atoms with Gasteiger partial charge in [-0.2, -0.15) is 0 Å². The molecule has 0 saturated carbocycles. The minimum Gasteiger partial charge on any atom is -0.480 e. The molecular weight excluding hydrogens is 192 g/mol. The van der Waals surface area contributed by atoms with Crippen LogP contribution in [-0.4, -0.2) is 31.3 Å². The van der Waals surface area contributed by atoms with Crippen LogP contribution in [0.2, 0.25) is 0 Å². The van der Waals surface area contributed by atoms with Crippen molar-refractivity contribution >= 4 is 5.69 Å². The van der Waals surface area contributed by atoms with Crippen LogP contribution in [0.25, 0.3) is 0 Å². The van der Waals surface area contributed by atoms with Gasteiger partial charge in [0.2, 0.25) is 5.88 Å². The lowest BCUT2D eigenvalue weighted by Crippen LogP contribution is -2.22. The first kappa shape index (κ1) is 11.8. The second-order valence-corrected chi connectivity index (χ2v) is 3.27. The minimum atomic E-state index is 0.239. The van der Waals surface area contributed by atoms with Crippen LogP contribution in [0, 0.1) is 0 Å². The van der Waals surface area contributed by atoms with Crippen LogP contribution < -0.4 is 10.1 Å². The Bertz CT molecular complexity index is 292. The molecule has 0 amide bonds. The Labute approximate surface area is 90.6 Å². The van der Waals surface area contributed by atoms with Crippen molar-refractivity contribution < 1.29 is 9.47 Å². The number of nitrogens with zero attached hydrogens (tertiary/aromatic N) is 1. The van der Waals surface area contributed by atoms with Crippen molar-refractivity contribution in [3.05, 3.63) is 18.3 Å². The maximum Gasteiger partial charge on any atom is 0.237 e. The number of aromatic nitrogens is 1. The van der Waals surface area contributed by atoms with Crippen LogP contribution in [0.4, 0.5) is 5.69 Å². The van der Waals surface area contributed by atoms with E-state index in [1.54, 1.807) is 13.3 Å². The maximum absolute atomic E-state index is 5.32. The van der Waals surface area contributed by atoms with Crippen LogP contribution in [0.15, 0.2) is 18.3 Å². The Balaban J connectivity index is 2.55. The zero-order valence-electron chi connectivity index (χ0n) is 9.49. The molecule has 0 aliphatic rings. The standard InChI is InChI=1S/C11H18N2O2/c1-4-15-8-9(2)13-10-6-5-7-12-11(10)14-3/h5-7,9,13H,4,8H2,1-3H3. The Kier molecular flexibility index (Phi) is 4.90. The van der Waals surface area contributed by atoms with E-state index >= 15 is 0 Å². The number of nitrogens with one attached hydrogen (secondary N) is 1. The van der Waals surface area contributed by atoms with Gasteiger partial charge in [0.05, 0.1) is 19.4 Å². The lowest BCUT2D eigenvalue weighted by Gasteiger charge is -2.16. The minimum absolute atomic E-state index is 0.239. The first-order chi connectivity index (χ1) is 7.27. The molecule has 0 fully saturated rings. The lowest BCUT2D eigenvalue weighted by atomic mass is 10.3. The molecule has 4 heteroatoms. The smallest absolute Gasteiger partial charge is 0.237 e. The van der Waals surface area contributed by atoms with Crippen molar-refractivity contribution in [2.75, 3.05) is 25.6 Å². The van der Waals surface area contributed by atoms with E-state index in [-0.39, 0.29) is 6.04 Å². The summed E-state index contributed by atoms with van der Waals surface area (Å²) in [5, 5.41) is 3.28. The van der Waals surface area contributed by atoms with Gasteiger partial charge >= 0.3 is 0 Å². The topological polar surface area (TPSA) is 43.4 Å². The summed E-state index contributed by atoms with van der Waals surface area (Å²) < 4.78 is 10.5. The molecule has 1 aromatic rings. The predicted octanol–water partition coefficient (Wildman–Crippen LogP) is 1.93. The highest BCUT2D eigenvalue weighted by Gasteiger charge is 2.06. The normalized spacial score (nSPS) is 12.2. The van der Waals surface area contributed by atoms with E-state index in [1.807, 2.05) is 19.1 Å². The highest BCUT2D eigenvalue weighted by atomic mass is 16.5. The lowest BCUT2D eigenvalue weighted by molar-refractivity contribution is 0.141. The van der Waals surface area contributed by atoms with Crippen LogP contribution in [0.1, 0.15) is 13.8 Å². The molecule has 1 N–H and O–H groups in total. The molecule has 0 bridgehead atoms. The fourth-order valence-electron chi connectivity index (χ4n) is 1.27. The summed E-state index contributed by atoms with van der Waals surface area (Å²) in [6.45, 7) is 5.45. The van der Waals surface area contributed by atoms with Crippen molar-refractivity contribution in [1.82, 2.24) is 4.98 Å². The third kappa shape index (κ3) is 3.75. The molecular formula is C11H18N2O2. The van der Waals surface area contributed by atoms with E-state index in [2.05, 4.69) is 17.2 Å². The summed E-state index contributed by atoms with van der Waals surface area (Å²) in [6.07, 6.45) is 1.71. The third-order valence-electron chi connectivity index (χ3n) is 1.94. The summed E-state index contributed by atoms with van der Waals surface area (Å²) >= 11 is 0. The number of hydrogen-bond donors (Lipinski definition) is 1. The molecule has 0 saturated heterocycles. The van der Waals surface area contributed by atoms with Gasteiger partial charge in [0.15, 0.2) is 0 Å². The van der Waals surface area contributed by atoms with E-state index in [1.165, 1.54) is 0 Å². The van der Waals surface area contributed by atoms with Gasteiger partial charge in [0.25, 0.3) is 0 Å². The fourth-order valence-corrected chi connectivity index (χ4v) is 1.27. The molecule has 0 aromatic carbocycles. The van der Waals surface area contributed by atoms with Crippen molar-refractivity contribution in [1.29, 1.82) is 0 Å². The second kappa shape index (κ2) is 6.24. The SMILES string of the molecule is CCOCC(C)Nc1cccnc1OC. The summed E-state index contributed by atoms with van der Waals surface area (Å²) in [7, 11) is 1.61. The molecule has 0 aliphatic carbocycles. The monoisotopic (exact) mass is 210 g/mol. The molecule has 0 spiro atoms. The molecule has 1 aromatic heterocycles. The van der Waals surface area contributed by atoms with E-state index in [9.17, 15) is 0 Å². The van der Waals surface area contributed by atoms with Gasteiger partial charge in [0.1, 0.15) is 0 Å². The van der Waals surface area contributed by atoms with Crippen molar-refractivity contribution in [3.63, 3.8) is 0 Å². The number of rotatable bonds is 6. The van der Waals surface area contributed by atoms with E-state index in [4.69, 9.17) is 9.47 Å². The second-order valence-electron chi connectivity index (χ2n) is 3.27. The number of anilines is 1. The molecule has 1 unspecified atom stereocenters. The highest BCUT2D eigenvalue weighted by Crippen LogP contribution is 2.20. The molecule has 0 aliphatic heterocycles. The summed E-state index contributed by atoms with van der Waals surface area (Å²) in [5.41, 5.74) is 0.896.